The summed E-state index contributed by atoms with van der Waals surface area (Å²) in [5.41, 5.74) is -0.471. The van der Waals surface area contributed by atoms with Gasteiger partial charge >= 0.3 is 6.18 Å². The van der Waals surface area contributed by atoms with Crippen LogP contribution in [0.2, 0.25) is 0 Å². The molecule has 2 atom stereocenters. The van der Waals surface area contributed by atoms with Crippen LogP contribution >= 0.6 is 11.6 Å². The molecular formula is C14H17ClF3N. The van der Waals surface area contributed by atoms with Crippen molar-refractivity contribution >= 4 is 17.3 Å². The largest absolute Gasteiger partial charge is 0.418 e. The summed E-state index contributed by atoms with van der Waals surface area (Å²) >= 11 is 6.22. The normalized spacial score (nSPS) is 24.2. The molecule has 2 unspecified atom stereocenters. The van der Waals surface area contributed by atoms with Crippen LogP contribution in [-0.2, 0) is 6.18 Å². The van der Waals surface area contributed by atoms with E-state index in [0.717, 1.165) is 31.7 Å². The molecule has 1 saturated carbocycles. The summed E-state index contributed by atoms with van der Waals surface area (Å²) in [6.45, 7) is 0.501. The van der Waals surface area contributed by atoms with E-state index in [0.29, 0.717) is 6.54 Å². The Labute approximate surface area is 116 Å². The van der Waals surface area contributed by atoms with E-state index in [4.69, 9.17) is 11.6 Å². The van der Waals surface area contributed by atoms with Gasteiger partial charge in [0.25, 0.3) is 0 Å². The van der Waals surface area contributed by atoms with Gasteiger partial charge in [0.05, 0.1) is 5.56 Å². The SMILES string of the molecule is FC(F)(F)c1ccccc1NCC1CCCCC1Cl. The zero-order valence-electron chi connectivity index (χ0n) is 10.5. The fraction of sp³-hybridized carbons (Fsp3) is 0.571. The number of rotatable bonds is 3. The maximum Gasteiger partial charge on any atom is 0.418 e. The Balaban J connectivity index is 2.03. The Bertz CT molecular complexity index is 419. The van der Waals surface area contributed by atoms with E-state index in [9.17, 15) is 13.2 Å². The fourth-order valence-corrected chi connectivity index (χ4v) is 2.89. The Morgan fingerprint density at radius 3 is 2.53 bits per heavy atom. The van der Waals surface area contributed by atoms with E-state index in [2.05, 4.69) is 5.32 Å². The van der Waals surface area contributed by atoms with Crippen molar-refractivity contribution in [2.75, 3.05) is 11.9 Å². The molecule has 0 bridgehead atoms. The van der Waals surface area contributed by atoms with Crippen LogP contribution in [0.3, 0.4) is 0 Å². The first-order chi connectivity index (χ1) is 8.98. The van der Waals surface area contributed by atoms with E-state index >= 15 is 0 Å². The molecule has 1 nitrogen and oxygen atoms in total. The lowest BCUT2D eigenvalue weighted by Gasteiger charge is -2.28. The molecule has 0 spiro atoms. The first kappa shape index (κ1) is 14.5. The van der Waals surface area contributed by atoms with Gasteiger partial charge in [0.2, 0.25) is 0 Å². The third-order valence-electron chi connectivity index (χ3n) is 3.60. The number of halogens is 4. The maximum atomic E-state index is 12.8. The second-order valence-corrected chi connectivity index (χ2v) is 5.55. The smallest absolute Gasteiger partial charge is 0.384 e. The summed E-state index contributed by atoms with van der Waals surface area (Å²) in [7, 11) is 0. The molecule has 1 N–H and O–H groups in total. The third-order valence-corrected chi connectivity index (χ3v) is 4.18. The highest BCUT2D eigenvalue weighted by molar-refractivity contribution is 6.20. The average molecular weight is 292 g/mol. The molecule has 0 aliphatic heterocycles. The molecule has 1 fully saturated rings. The molecule has 0 saturated heterocycles. The average Bonchev–Trinajstić information content (AvgIpc) is 2.37. The van der Waals surface area contributed by atoms with Crippen LogP contribution in [0.15, 0.2) is 24.3 Å². The van der Waals surface area contributed by atoms with Crippen molar-refractivity contribution < 1.29 is 13.2 Å². The number of anilines is 1. The van der Waals surface area contributed by atoms with E-state index < -0.39 is 11.7 Å². The van der Waals surface area contributed by atoms with Gasteiger partial charge in [0, 0.05) is 17.6 Å². The van der Waals surface area contributed by atoms with Gasteiger partial charge in [-0.15, -0.1) is 11.6 Å². The summed E-state index contributed by atoms with van der Waals surface area (Å²) in [6, 6.07) is 5.58. The summed E-state index contributed by atoms with van der Waals surface area (Å²) in [5, 5.41) is 2.98. The Morgan fingerprint density at radius 1 is 1.16 bits per heavy atom. The number of para-hydroxylation sites is 1. The van der Waals surface area contributed by atoms with Gasteiger partial charge in [-0.2, -0.15) is 13.2 Å². The van der Waals surface area contributed by atoms with Gasteiger partial charge in [0.1, 0.15) is 0 Å². The van der Waals surface area contributed by atoms with Crippen molar-refractivity contribution in [3.8, 4) is 0 Å². The predicted octanol–water partition coefficient (Wildman–Crippen LogP) is 4.91. The molecule has 1 aliphatic carbocycles. The van der Waals surface area contributed by atoms with Crippen molar-refractivity contribution in [1.82, 2.24) is 0 Å². The lowest BCUT2D eigenvalue weighted by Crippen LogP contribution is -2.27. The third kappa shape index (κ3) is 3.78. The molecule has 0 radical (unpaired) electrons. The number of benzene rings is 1. The van der Waals surface area contributed by atoms with Crippen molar-refractivity contribution in [3.05, 3.63) is 29.8 Å². The van der Waals surface area contributed by atoms with Crippen LogP contribution in [-0.4, -0.2) is 11.9 Å². The highest BCUT2D eigenvalue weighted by Crippen LogP contribution is 2.35. The second-order valence-electron chi connectivity index (χ2n) is 4.98. The van der Waals surface area contributed by atoms with Crippen LogP contribution in [0, 0.1) is 5.92 Å². The van der Waals surface area contributed by atoms with Crippen molar-refractivity contribution in [3.63, 3.8) is 0 Å². The molecule has 1 aliphatic rings. The Hall–Kier alpha value is -0.900. The fourth-order valence-electron chi connectivity index (χ4n) is 2.52. The number of hydrogen-bond donors (Lipinski definition) is 1. The lowest BCUT2D eigenvalue weighted by molar-refractivity contribution is -0.136. The predicted molar refractivity (Wildman–Crippen MR) is 71.5 cm³/mol. The van der Waals surface area contributed by atoms with Crippen LogP contribution in [0.25, 0.3) is 0 Å². The molecule has 1 aromatic carbocycles. The zero-order chi connectivity index (χ0) is 13.9. The van der Waals surface area contributed by atoms with Crippen LogP contribution in [0.4, 0.5) is 18.9 Å². The molecule has 0 heterocycles. The van der Waals surface area contributed by atoms with Gasteiger partial charge in [-0.1, -0.05) is 25.0 Å². The van der Waals surface area contributed by atoms with E-state index in [-0.39, 0.29) is 17.0 Å². The summed E-state index contributed by atoms with van der Waals surface area (Å²) in [6.07, 6.45) is -0.166. The molecule has 106 valence electrons. The van der Waals surface area contributed by atoms with E-state index in [1.54, 1.807) is 6.07 Å². The minimum absolute atomic E-state index is 0.0688. The first-order valence-corrected chi connectivity index (χ1v) is 6.96. The summed E-state index contributed by atoms with van der Waals surface area (Å²) in [4.78, 5) is 0. The minimum atomic E-state index is -4.32. The number of nitrogens with one attached hydrogen (secondary N) is 1. The van der Waals surface area contributed by atoms with Crippen molar-refractivity contribution in [2.24, 2.45) is 5.92 Å². The van der Waals surface area contributed by atoms with Crippen LogP contribution in [0.1, 0.15) is 31.2 Å². The van der Waals surface area contributed by atoms with Crippen molar-refractivity contribution in [1.29, 1.82) is 0 Å². The molecule has 0 aromatic heterocycles. The topological polar surface area (TPSA) is 12.0 Å². The number of alkyl halides is 4. The molecule has 5 heteroatoms. The minimum Gasteiger partial charge on any atom is -0.384 e. The zero-order valence-corrected chi connectivity index (χ0v) is 11.3. The molecule has 19 heavy (non-hydrogen) atoms. The van der Waals surface area contributed by atoms with Gasteiger partial charge in [0.15, 0.2) is 0 Å². The van der Waals surface area contributed by atoms with E-state index in [1.807, 2.05) is 0 Å². The second kappa shape index (κ2) is 6.04. The van der Waals surface area contributed by atoms with Gasteiger partial charge in [-0.3, -0.25) is 0 Å². The van der Waals surface area contributed by atoms with Crippen LogP contribution in [0.5, 0.6) is 0 Å². The summed E-state index contributed by atoms with van der Waals surface area (Å²) in [5.74, 6) is 0.247. The standard InChI is InChI=1S/C14H17ClF3N/c15-12-7-3-1-5-10(12)9-19-13-8-4-2-6-11(13)14(16,17)18/h2,4,6,8,10,12,19H,1,3,5,7,9H2. The maximum absolute atomic E-state index is 12.8. The Kier molecular flexibility index (Phi) is 4.61. The number of hydrogen-bond acceptors (Lipinski definition) is 1. The highest BCUT2D eigenvalue weighted by Gasteiger charge is 2.33. The van der Waals surface area contributed by atoms with Gasteiger partial charge in [-0.05, 0) is 30.9 Å². The van der Waals surface area contributed by atoms with Gasteiger partial charge in [-0.25, -0.2) is 0 Å². The Morgan fingerprint density at radius 2 is 1.84 bits per heavy atom. The van der Waals surface area contributed by atoms with Gasteiger partial charge < -0.3 is 5.32 Å². The molecular weight excluding hydrogens is 275 g/mol. The molecule has 2 rings (SSSR count). The quantitative estimate of drug-likeness (QED) is 0.780. The monoisotopic (exact) mass is 291 g/mol. The first-order valence-electron chi connectivity index (χ1n) is 6.52. The highest BCUT2D eigenvalue weighted by atomic mass is 35.5. The van der Waals surface area contributed by atoms with E-state index in [1.165, 1.54) is 12.1 Å². The molecule has 0 amide bonds. The van der Waals surface area contributed by atoms with Crippen LogP contribution < -0.4 is 5.32 Å². The lowest BCUT2D eigenvalue weighted by atomic mass is 9.88. The summed E-state index contributed by atoms with van der Waals surface area (Å²) < 4.78 is 38.5. The van der Waals surface area contributed by atoms with Crippen molar-refractivity contribution in [2.45, 2.75) is 37.2 Å². The molecule has 1 aromatic rings.